The number of para-hydroxylation sites is 1. The highest BCUT2D eigenvalue weighted by molar-refractivity contribution is 7.89. The summed E-state index contributed by atoms with van der Waals surface area (Å²) in [7, 11) is -1.81. The van der Waals surface area contributed by atoms with Gasteiger partial charge in [-0.3, -0.25) is 4.68 Å². The molecule has 0 aliphatic carbocycles. The van der Waals surface area contributed by atoms with Gasteiger partial charge >= 0.3 is 0 Å². The van der Waals surface area contributed by atoms with Crippen LogP contribution < -0.4 is 9.62 Å². The van der Waals surface area contributed by atoms with Gasteiger partial charge in [0.2, 0.25) is 10.0 Å². The van der Waals surface area contributed by atoms with Crippen molar-refractivity contribution in [1.29, 1.82) is 0 Å². The average molecular weight is 322 g/mol. The maximum Gasteiger partial charge on any atom is 0.243 e. The fraction of sp³-hybridized carbons (Fsp3) is 0.400. The van der Waals surface area contributed by atoms with Gasteiger partial charge in [0.05, 0.1) is 6.20 Å². The van der Waals surface area contributed by atoms with E-state index in [9.17, 15) is 8.42 Å². The van der Waals surface area contributed by atoms with E-state index in [0.717, 1.165) is 12.2 Å². The van der Waals surface area contributed by atoms with Crippen molar-refractivity contribution in [2.45, 2.75) is 18.7 Å². The van der Waals surface area contributed by atoms with Crippen molar-refractivity contribution in [3.8, 4) is 0 Å². The van der Waals surface area contributed by atoms with E-state index in [1.165, 1.54) is 22.6 Å². The molecule has 2 rings (SSSR count). The quantitative estimate of drug-likeness (QED) is 0.839. The zero-order valence-electron chi connectivity index (χ0n) is 13.2. The molecule has 0 saturated heterocycles. The summed E-state index contributed by atoms with van der Waals surface area (Å²) in [5.74, 6) is 0. The number of hydrogen-bond acceptors (Lipinski definition) is 4. The Morgan fingerprint density at radius 2 is 2.05 bits per heavy atom. The molecule has 0 spiro atoms. The van der Waals surface area contributed by atoms with Gasteiger partial charge in [-0.1, -0.05) is 18.2 Å². The van der Waals surface area contributed by atoms with Crippen molar-refractivity contribution < 1.29 is 8.42 Å². The van der Waals surface area contributed by atoms with Crippen LogP contribution in [0.3, 0.4) is 0 Å². The second kappa shape index (κ2) is 6.93. The van der Waals surface area contributed by atoms with Gasteiger partial charge in [0, 0.05) is 38.6 Å². The highest BCUT2D eigenvalue weighted by Gasteiger charge is 2.16. The molecule has 7 heteroatoms. The molecule has 22 heavy (non-hydrogen) atoms. The molecular weight excluding hydrogens is 300 g/mol. The lowest BCUT2D eigenvalue weighted by atomic mass is 10.2. The van der Waals surface area contributed by atoms with Crippen molar-refractivity contribution in [2.24, 2.45) is 7.05 Å². The predicted octanol–water partition coefficient (Wildman–Crippen LogP) is 1.53. The summed E-state index contributed by atoms with van der Waals surface area (Å²) in [6.07, 6.45) is 2.84. The van der Waals surface area contributed by atoms with E-state index in [-0.39, 0.29) is 4.90 Å². The van der Waals surface area contributed by atoms with Gasteiger partial charge in [-0.15, -0.1) is 0 Å². The summed E-state index contributed by atoms with van der Waals surface area (Å²) in [4.78, 5) is 2.34. The molecule has 0 fully saturated rings. The lowest BCUT2D eigenvalue weighted by Gasteiger charge is -2.25. The number of hydrogen-bond donors (Lipinski definition) is 1. The highest BCUT2D eigenvalue weighted by atomic mass is 32.2. The second-order valence-electron chi connectivity index (χ2n) is 5.11. The number of benzene rings is 1. The molecule has 0 atom stereocenters. The molecule has 0 saturated carbocycles. The zero-order chi connectivity index (χ0) is 16.2. The Hall–Kier alpha value is -1.86. The van der Waals surface area contributed by atoms with Crippen molar-refractivity contribution in [3.05, 3.63) is 42.2 Å². The summed E-state index contributed by atoms with van der Waals surface area (Å²) < 4.78 is 28.4. The van der Waals surface area contributed by atoms with E-state index >= 15 is 0 Å². The molecule has 1 aromatic carbocycles. The Bertz CT molecular complexity index is 725. The molecule has 2 aromatic rings. The van der Waals surface area contributed by atoms with Gasteiger partial charge in [0.15, 0.2) is 0 Å². The summed E-state index contributed by atoms with van der Waals surface area (Å²) in [6, 6.07) is 8.09. The second-order valence-corrected chi connectivity index (χ2v) is 6.88. The summed E-state index contributed by atoms with van der Waals surface area (Å²) in [5, 5.41) is 3.89. The Morgan fingerprint density at radius 1 is 1.32 bits per heavy atom. The molecule has 0 bridgehead atoms. The third-order valence-electron chi connectivity index (χ3n) is 3.50. The minimum Gasteiger partial charge on any atom is -0.370 e. The number of nitrogens with one attached hydrogen (secondary N) is 1. The monoisotopic (exact) mass is 322 g/mol. The lowest BCUT2D eigenvalue weighted by molar-refractivity contribution is 0.580. The minimum atomic E-state index is -3.50. The van der Waals surface area contributed by atoms with Crippen LogP contribution in [0.5, 0.6) is 0 Å². The van der Waals surface area contributed by atoms with Gasteiger partial charge in [-0.2, -0.15) is 5.10 Å². The summed E-state index contributed by atoms with van der Waals surface area (Å²) in [5.41, 5.74) is 2.31. The van der Waals surface area contributed by atoms with Crippen LogP contribution >= 0.6 is 0 Å². The van der Waals surface area contributed by atoms with Crippen molar-refractivity contribution in [3.63, 3.8) is 0 Å². The molecule has 1 N–H and O–H groups in total. The SMILES string of the molecule is CCN(CCNS(=O)(=O)c1cnn(C)c1)c1ccccc1C. The first-order valence-corrected chi connectivity index (χ1v) is 8.71. The first kappa shape index (κ1) is 16.5. The van der Waals surface area contributed by atoms with Crippen LogP contribution in [-0.2, 0) is 17.1 Å². The molecular formula is C15H22N4O2S. The molecule has 0 aliphatic heterocycles. The molecule has 0 unspecified atom stereocenters. The Kier molecular flexibility index (Phi) is 5.20. The smallest absolute Gasteiger partial charge is 0.243 e. The van der Waals surface area contributed by atoms with Gasteiger partial charge in [-0.05, 0) is 25.5 Å². The van der Waals surface area contributed by atoms with E-state index in [2.05, 4.69) is 40.7 Å². The zero-order valence-corrected chi connectivity index (χ0v) is 14.0. The number of rotatable bonds is 7. The number of aryl methyl sites for hydroxylation is 2. The van der Waals surface area contributed by atoms with Gasteiger partial charge in [0.1, 0.15) is 4.90 Å². The number of aromatic nitrogens is 2. The molecule has 0 aliphatic rings. The van der Waals surface area contributed by atoms with E-state index in [4.69, 9.17) is 0 Å². The molecule has 1 aromatic heterocycles. The van der Waals surface area contributed by atoms with Crippen molar-refractivity contribution in [1.82, 2.24) is 14.5 Å². The van der Waals surface area contributed by atoms with Gasteiger partial charge in [-0.25, -0.2) is 13.1 Å². The predicted molar refractivity (Wildman–Crippen MR) is 87.5 cm³/mol. The summed E-state index contributed by atoms with van der Waals surface area (Å²) in [6.45, 7) is 5.89. The van der Waals surface area contributed by atoms with Crippen LogP contribution in [0, 0.1) is 6.92 Å². The standard InChI is InChI=1S/C15H22N4O2S/c1-4-19(15-8-6-5-7-13(15)2)10-9-17-22(20,21)14-11-16-18(3)12-14/h5-8,11-12,17H,4,9-10H2,1-3H3. The third kappa shape index (κ3) is 3.86. The topological polar surface area (TPSA) is 67.2 Å². The van der Waals surface area contributed by atoms with Crippen LogP contribution in [0.1, 0.15) is 12.5 Å². The molecule has 6 nitrogen and oxygen atoms in total. The fourth-order valence-electron chi connectivity index (χ4n) is 2.30. The molecule has 1 heterocycles. The van der Waals surface area contributed by atoms with Gasteiger partial charge in [0.25, 0.3) is 0 Å². The van der Waals surface area contributed by atoms with Crippen LogP contribution in [0.2, 0.25) is 0 Å². The average Bonchev–Trinajstić information content (AvgIpc) is 2.92. The third-order valence-corrected chi connectivity index (χ3v) is 4.92. The van der Waals surface area contributed by atoms with E-state index in [0.29, 0.717) is 13.1 Å². The van der Waals surface area contributed by atoms with E-state index in [1.54, 1.807) is 7.05 Å². The van der Waals surface area contributed by atoms with Crippen molar-refractivity contribution >= 4 is 15.7 Å². The molecule has 0 amide bonds. The largest absolute Gasteiger partial charge is 0.370 e. The first-order chi connectivity index (χ1) is 10.4. The Morgan fingerprint density at radius 3 is 2.64 bits per heavy atom. The van der Waals surface area contributed by atoms with Crippen LogP contribution in [0.25, 0.3) is 0 Å². The number of likely N-dealkylation sites (N-methyl/N-ethyl adjacent to an activating group) is 1. The molecule has 120 valence electrons. The van der Waals surface area contributed by atoms with Crippen molar-refractivity contribution in [2.75, 3.05) is 24.5 Å². The lowest BCUT2D eigenvalue weighted by Crippen LogP contribution is -2.35. The van der Waals surface area contributed by atoms with Crippen LogP contribution in [-0.4, -0.2) is 37.8 Å². The maximum atomic E-state index is 12.1. The number of sulfonamides is 1. The Labute approximate surface area is 131 Å². The number of anilines is 1. The highest BCUT2D eigenvalue weighted by Crippen LogP contribution is 2.18. The normalized spacial score (nSPS) is 11.6. The van der Waals surface area contributed by atoms with E-state index in [1.807, 2.05) is 12.1 Å². The first-order valence-electron chi connectivity index (χ1n) is 7.23. The summed E-state index contributed by atoms with van der Waals surface area (Å²) >= 11 is 0. The Balaban J connectivity index is 1.99. The van der Waals surface area contributed by atoms with E-state index < -0.39 is 10.0 Å². The molecule has 0 radical (unpaired) electrons. The van der Waals surface area contributed by atoms with Crippen LogP contribution in [0.4, 0.5) is 5.69 Å². The maximum absolute atomic E-state index is 12.1. The van der Waals surface area contributed by atoms with Gasteiger partial charge < -0.3 is 4.90 Å². The number of nitrogens with zero attached hydrogens (tertiary/aromatic N) is 3. The van der Waals surface area contributed by atoms with Crippen LogP contribution in [0.15, 0.2) is 41.6 Å². The minimum absolute atomic E-state index is 0.189. The fourth-order valence-corrected chi connectivity index (χ4v) is 3.31.